The lowest BCUT2D eigenvalue weighted by Gasteiger charge is -2.02. The molecule has 1 fully saturated rings. The van der Waals surface area contributed by atoms with Crippen LogP contribution in [0.1, 0.15) is 18.1 Å². The summed E-state index contributed by atoms with van der Waals surface area (Å²) in [6, 6.07) is 13.2. The molecule has 2 heterocycles. The number of ether oxygens (including phenoxy) is 1. The van der Waals surface area contributed by atoms with Crippen molar-refractivity contribution in [1.82, 2.24) is 5.32 Å². The molecule has 0 saturated carbocycles. The predicted octanol–water partition coefficient (Wildman–Crippen LogP) is 4.56. The normalized spacial score (nSPS) is 22.2. The van der Waals surface area contributed by atoms with E-state index in [2.05, 4.69) is 23.3 Å². The number of amidine groups is 1. The molecule has 0 aromatic heterocycles. The van der Waals surface area contributed by atoms with Crippen molar-refractivity contribution in [3.05, 3.63) is 63.5 Å². The molecule has 0 aliphatic carbocycles. The maximum atomic E-state index is 12.2. The van der Waals surface area contributed by atoms with Gasteiger partial charge >= 0.3 is 0 Å². The summed E-state index contributed by atoms with van der Waals surface area (Å²) in [4.78, 5) is 17.3. The summed E-state index contributed by atoms with van der Waals surface area (Å²) in [7, 11) is 0. The summed E-state index contributed by atoms with van der Waals surface area (Å²) in [5, 5.41) is 4.02. The number of benzene rings is 2. The molecular formula is C19H15ClN2O2S. The minimum absolute atomic E-state index is 0.136. The van der Waals surface area contributed by atoms with E-state index in [-0.39, 0.29) is 12.0 Å². The van der Waals surface area contributed by atoms with Gasteiger partial charge in [-0.2, -0.15) is 0 Å². The van der Waals surface area contributed by atoms with E-state index in [9.17, 15) is 4.79 Å². The first-order valence-electron chi connectivity index (χ1n) is 7.91. The molecule has 0 radical (unpaired) electrons. The highest BCUT2D eigenvalue weighted by Gasteiger charge is 2.24. The zero-order chi connectivity index (χ0) is 17.4. The molecule has 1 amide bonds. The molecule has 2 aliphatic heterocycles. The number of carbonyl (C=O) groups excluding carboxylic acids is 1. The van der Waals surface area contributed by atoms with Crippen LogP contribution in [-0.4, -0.2) is 17.2 Å². The molecule has 0 spiro atoms. The highest BCUT2D eigenvalue weighted by atomic mass is 35.5. The van der Waals surface area contributed by atoms with Crippen LogP contribution in [0.4, 0.5) is 5.69 Å². The van der Waals surface area contributed by atoms with E-state index in [0.717, 1.165) is 23.4 Å². The van der Waals surface area contributed by atoms with Crippen molar-refractivity contribution < 1.29 is 9.53 Å². The molecule has 1 atom stereocenters. The van der Waals surface area contributed by atoms with Gasteiger partial charge in [0.05, 0.1) is 10.6 Å². The number of hydrogen-bond donors (Lipinski definition) is 1. The fourth-order valence-electron chi connectivity index (χ4n) is 2.80. The van der Waals surface area contributed by atoms with Gasteiger partial charge in [-0.05, 0) is 72.3 Å². The quantitative estimate of drug-likeness (QED) is 0.788. The largest absolute Gasteiger partial charge is 0.490 e. The molecule has 4 rings (SSSR count). The van der Waals surface area contributed by atoms with Gasteiger partial charge in [0.1, 0.15) is 11.9 Å². The standard InChI is InChI=1S/C19H15ClN2O2S/c1-11-8-13-9-12(2-7-16(13)24-11)10-17-18(23)22-19(25-17)21-15-5-3-14(20)4-6-15/h2-7,9-11H,8H2,1H3,(H,21,22,23)/b17-10+/t11-/m1/s1. The van der Waals surface area contributed by atoms with Crippen molar-refractivity contribution in [3.8, 4) is 5.75 Å². The number of hydrogen-bond acceptors (Lipinski definition) is 4. The maximum Gasteiger partial charge on any atom is 0.264 e. The van der Waals surface area contributed by atoms with Gasteiger partial charge in [-0.1, -0.05) is 17.7 Å². The summed E-state index contributed by atoms with van der Waals surface area (Å²) < 4.78 is 5.71. The van der Waals surface area contributed by atoms with E-state index in [0.29, 0.717) is 15.1 Å². The average molecular weight is 371 g/mol. The van der Waals surface area contributed by atoms with Crippen molar-refractivity contribution in [1.29, 1.82) is 0 Å². The first-order valence-corrected chi connectivity index (χ1v) is 9.11. The highest BCUT2D eigenvalue weighted by molar-refractivity contribution is 8.18. The number of aliphatic imine (C=N–C) groups is 1. The van der Waals surface area contributed by atoms with E-state index in [1.807, 2.05) is 30.3 Å². The Labute approximate surface area is 154 Å². The Morgan fingerprint density at radius 1 is 1.28 bits per heavy atom. The third-order valence-electron chi connectivity index (χ3n) is 3.93. The number of halogens is 1. The number of carbonyl (C=O) groups is 1. The number of rotatable bonds is 2. The second-order valence-electron chi connectivity index (χ2n) is 5.96. The van der Waals surface area contributed by atoms with Crippen LogP contribution in [0.2, 0.25) is 5.02 Å². The average Bonchev–Trinajstić information content (AvgIpc) is 3.11. The lowest BCUT2D eigenvalue weighted by Crippen LogP contribution is -2.19. The maximum absolute atomic E-state index is 12.2. The molecule has 0 bridgehead atoms. The Morgan fingerprint density at radius 3 is 2.88 bits per heavy atom. The molecule has 25 heavy (non-hydrogen) atoms. The number of nitrogens with one attached hydrogen (secondary N) is 1. The molecule has 2 aromatic carbocycles. The number of nitrogens with zero attached hydrogens (tertiary/aromatic N) is 1. The van der Waals surface area contributed by atoms with Gasteiger partial charge < -0.3 is 10.1 Å². The van der Waals surface area contributed by atoms with Gasteiger partial charge in [-0.3, -0.25) is 4.79 Å². The molecule has 2 aromatic rings. The van der Waals surface area contributed by atoms with Gasteiger partial charge in [-0.25, -0.2) is 4.99 Å². The van der Waals surface area contributed by atoms with Gasteiger partial charge in [0.25, 0.3) is 5.91 Å². The minimum Gasteiger partial charge on any atom is -0.490 e. The Kier molecular flexibility index (Phi) is 4.27. The van der Waals surface area contributed by atoms with Crippen LogP contribution in [0.5, 0.6) is 5.75 Å². The van der Waals surface area contributed by atoms with Gasteiger partial charge in [-0.15, -0.1) is 0 Å². The van der Waals surface area contributed by atoms with Crippen LogP contribution in [0.25, 0.3) is 6.08 Å². The molecule has 2 aliphatic rings. The van der Waals surface area contributed by atoms with Crippen LogP contribution in [-0.2, 0) is 11.2 Å². The summed E-state index contributed by atoms with van der Waals surface area (Å²) in [5.41, 5.74) is 2.92. The van der Waals surface area contributed by atoms with E-state index in [1.54, 1.807) is 12.1 Å². The first kappa shape index (κ1) is 16.2. The first-order chi connectivity index (χ1) is 12.1. The van der Waals surface area contributed by atoms with E-state index in [1.165, 1.54) is 17.3 Å². The van der Waals surface area contributed by atoms with Crippen molar-refractivity contribution in [3.63, 3.8) is 0 Å². The molecule has 126 valence electrons. The predicted molar refractivity (Wildman–Crippen MR) is 102 cm³/mol. The smallest absolute Gasteiger partial charge is 0.264 e. The summed E-state index contributed by atoms with van der Waals surface area (Å²) in [6.45, 7) is 2.05. The van der Waals surface area contributed by atoms with Crippen LogP contribution in [0.3, 0.4) is 0 Å². The lowest BCUT2D eigenvalue weighted by atomic mass is 10.1. The lowest BCUT2D eigenvalue weighted by molar-refractivity contribution is -0.115. The second kappa shape index (κ2) is 6.58. The number of fused-ring (bicyclic) bond motifs is 1. The number of amides is 1. The fraction of sp³-hybridized carbons (Fsp3) is 0.158. The molecule has 1 N–H and O–H groups in total. The zero-order valence-corrected chi connectivity index (χ0v) is 15.0. The summed E-state index contributed by atoms with van der Waals surface area (Å²) in [6.07, 6.45) is 2.99. The SMILES string of the molecule is C[C@@H]1Cc2cc(/C=C3/SC(=Nc4ccc(Cl)cc4)NC3=O)ccc2O1. The van der Waals surface area contributed by atoms with Crippen LogP contribution in [0, 0.1) is 0 Å². The van der Waals surface area contributed by atoms with Crippen LogP contribution in [0.15, 0.2) is 52.4 Å². The van der Waals surface area contributed by atoms with Crippen LogP contribution < -0.4 is 10.1 Å². The van der Waals surface area contributed by atoms with E-state index in [4.69, 9.17) is 16.3 Å². The Hall–Kier alpha value is -2.24. The van der Waals surface area contributed by atoms with Gasteiger partial charge in [0.15, 0.2) is 5.17 Å². The Balaban J connectivity index is 1.55. The number of thioether (sulfide) groups is 1. The molecule has 1 saturated heterocycles. The van der Waals surface area contributed by atoms with E-state index >= 15 is 0 Å². The third kappa shape index (κ3) is 3.57. The van der Waals surface area contributed by atoms with Gasteiger partial charge in [0.2, 0.25) is 0 Å². The monoisotopic (exact) mass is 370 g/mol. The molecule has 0 unspecified atom stereocenters. The molecule has 4 nitrogen and oxygen atoms in total. The summed E-state index contributed by atoms with van der Waals surface area (Å²) >= 11 is 7.21. The molecule has 6 heteroatoms. The van der Waals surface area contributed by atoms with Gasteiger partial charge in [0, 0.05) is 11.4 Å². The van der Waals surface area contributed by atoms with E-state index < -0.39 is 0 Å². The second-order valence-corrected chi connectivity index (χ2v) is 7.42. The van der Waals surface area contributed by atoms with Crippen molar-refractivity contribution in [2.45, 2.75) is 19.4 Å². The zero-order valence-electron chi connectivity index (χ0n) is 13.5. The van der Waals surface area contributed by atoms with Crippen molar-refractivity contribution in [2.75, 3.05) is 0 Å². The highest BCUT2D eigenvalue weighted by Crippen LogP contribution is 2.32. The van der Waals surface area contributed by atoms with Crippen LogP contribution >= 0.6 is 23.4 Å². The minimum atomic E-state index is -0.136. The fourth-order valence-corrected chi connectivity index (χ4v) is 3.76. The van der Waals surface area contributed by atoms with Crippen molar-refractivity contribution in [2.24, 2.45) is 4.99 Å². The Bertz CT molecular complexity index is 906. The summed E-state index contributed by atoms with van der Waals surface area (Å²) in [5.74, 6) is 0.797. The van der Waals surface area contributed by atoms with Crippen molar-refractivity contribution >= 4 is 46.2 Å². The third-order valence-corrected chi connectivity index (χ3v) is 5.09. The Morgan fingerprint density at radius 2 is 2.08 bits per heavy atom. The topological polar surface area (TPSA) is 50.7 Å². The molecular weight excluding hydrogens is 356 g/mol.